The van der Waals surface area contributed by atoms with Crippen LogP contribution in [-0.2, 0) is 4.79 Å². The number of piperidine rings is 2. The lowest BCUT2D eigenvalue weighted by molar-refractivity contribution is -0.125. The third-order valence-corrected chi connectivity index (χ3v) is 3.89. The van der Waals surface area contributed by atoms with E-state index < -0.39 is 0 Å². The van der Waals surface area contributed by atoms with Crippen LogP contribution < -0.4 is 5.32 Å². The summed E-state index contributed by atoms with van der Waals surface area (Å²) in [6, 6.07) is 0.398. The molecule has 2 fully saturated rings. The van der Waals surface area contributed by atoms with Gasteiger partial charge >= 0.3 is 6.03 Å². The topological polar surface area (TPSA) is 52.7 Å². The van der Waals surface area contributed by atoms with Crippen molar-refractivity contribution in [2.75, 3.05) is 26.7 Å². The molecule has 0 saturated carbocycles. The maximum atomic E-state index is 12.0. The minimum absolute atomic E-state index is 0.114. The number of nitrogens with one attached hydrogen (secondary N) is 1. The van der Waals surface area contributed by atoms with Gasteiger partial charge in [0.05, 0.1) is 0 Å². The number of hydrogen-bond donors (Lipinski definition) is 1. The molecular weight excluding hydrogens is 218 g/mol. The van der Waals surface area contributed by atoms with Gasteiger partial charge in [0.2, 0.25) is 5.91 Å². The van der Waals surface area contributed by atoms with Crippen molar-refractivity contribution in [2.45, 2.75) is 32.2 Å². The molecule has 0 aliphatic carbocycles. The van der Waals surface area contributed by atoms with E-state index in [-0.39, 0.29) is 18.0 Å². The first-order valence-electron chi connectivity index (χ1n) is 6.41. The van der Waals surface area contributed by atoms with Crippen molar-refractivity contribution in [3.63, 3.8) is 0 Å². The first kappa shape index (κ1) is 12.2. The zero-order valence-corrected chi connectivity index (χ0v) is 10.6. The lowest BCUT2D eigenvalue weighted by Crippen LogP contribution is -2.56. The van der Waals surface area contributed by atoms with E-state index in [0.717, 1.165) is 32.5 Å². The molecule has 17 heavy (non-hydrogen) atoms. The average molecular weight is 239 g/mol. The molecule has 2 unspecified atom stereocenters. The molecular formula is C12H21N3O2. The summed E-state index contributed by atoms with van der Waals surface area (Å²) < 4.78 is 0. The van der Waals surface area contributed by atoms with Crippen LogP contribution in [0.2, 0.25) is 0 Å². The number of fused-ring (bicyclic) bond motifs is 1. The van der Waals surface area contributed by atoms with Crippen molar-refractivity contribution in [1.29, 1.82) is 0 Å². The van der Waals surface area contributed by atoms with E-state index in [4.69, 9.17) is 0 Å². The fraction of sp³-hybridized carbons (Fsp3) is 0.833. The van der Waals surface area contributed by atoms with Gasteiger partial charge in [-0.15, -0.1) is 0 Å². The molecule has 2 aliphatic rings. The highest BCUT2D eigenvalue weighted by molar-refractivity contribution is 5.77. The lowest BCUT2D eigenvalue weighted by atomic mass is 9.85. The number of hydrogen-bond acceptors (Lipinski definition) is 2. The Kier molecular flexibility index (Phi) is 3.54. The van der Waals surface area contributed by atoms with E-state index in [1.807, 2.05) is 18.9 Å². The van der Waals surface area contributed by atoms with Crippen molar-refractivity contribution >= 4 is 11.9 Å². The maximum Gasteiger partial charge on any atom is 0.319 e. The largest absolute Gasteiger partial charge is 0.353 e. The van der Waals surface area contributed by atoms with Gasteiger partial charge < -0.3 is 15.1 Å². The number of urea groups is 1. The first-order valence-corrected chi connectivity index (χ1v) is 6.41. The molecule has 2 saturated heterocycles. The van der Waals surface area contributed by atoms with Crippen LogP contribution in [0.4, 0.5) is 4.79 Å². The maximum absolute atomic E-state index is 12.0. The molecule has 2 heterocycles. The number of carbonyl (C=O) groups is 2. The molecule has 5 heteroatoms. The summed E-state index contributed by atoms with van der Waals surface area (Å²) in [5.41, 5.74) is 0. The Hall–Kier alpha value is -1.26. The van der Waals surface area contributed by atoms with Gasteiger partial charge in [-0.3, -0.25) is 4.79 Å². The van der Waals surface area contributed by atoms with Crippen LogP contribution in [0.1, 0.15) is 26.2 Å². The molecule has 2 aliphatic heterocycles. The Morgan fingerprint density at radius 3 is 3.00 bits per heavy atom. The second kappa shape index (κ2) is 4.94. The van der Waals surface area contributed by atoms with Gasteiger partial charge in [0.25, 0.3) is 0 Å². The summed E-state index contributed by atoms with van der Waals surface area (Å²) >= 11 is 0. The molecule has 0 aromatic carbocycles. The van der Waals surface area contributed by atoms with Crippen LogP contribution in [0, 0.1) is 5.92 Å². The van der Waals surface area contributed by atoms with Crippen LogP contribution in [0.25, 0.3) is 0 Å². The third kappa shape index (κ3) is 2.53. The standard InChI is InChI=1S/C12H21N3O2/c1-3-14(2)12(17)15-7-6-10-9(8-15)4-5-11(16)13-10/h9-10H,3-8H2,1-2H3,(H,13,16). The summed E-state index contributed by atoms with van der Waals surface area (Å²) in [6.45, 7) is 4.25. The Morgan fingerprint density at radius 1 is 1.53 bits per heavy atom. The summed E-state index contributed by atoms with van der Waals surface area (Å²) in [6.07, 6.45) is 2.41. The van der Waals surface area contributed by atoms with E-state index in [1.165, 1.54) is 0 Å². The zero-order chi connectivity index (χ0) is 12.4. The van der Waals surface area contributed by atoms with Crippen molar-refractivity contribution in [3.05, 3.63) is 0 Å². The molecule has 3 amide bonds. The minimum atomic E-state index is 0.114. The van der Waals surface area contributed by atoms with Crippen molar-refractivity contribution in [2.24, 2.45) is 5.92 Å². The first-order chi connectivity index (χ1) is 8.11. The molecule has 0 spiro atoms. The summed E-state index contributed by atoms with van der Waals surface area (Å²) in [5.74, 6) is 0.604. The van der Waals surface area contributed by atoms with Gasteiger partial charge in [-0.05, 0) is 25.7 Å². The quantitative estimate of drug-likeness (QED) is 0.731. The Balaban J connectivity index is 1.94. The Labute approximate surface area is 102 Å². The number of carbonyl (C=O) groups excluding carboxylic acids is 2. The van der Waals surface area contributed by atoms with Crippen LogP contribution in [0.15, 0.2) is 0 Å². The molecule has 2 atom stereocenters. The molecule has 5 nitrogen and oxygen atoms in total. The van der Waals surface area contributed by atoms with Crippen LogP contribution >= 0.6 is 0 Å². The van der Waals surface area contributed by atoms with Crippen LogP contribution in [-0.4, -0.2) is 54.5 Å². The SMILES string of the molecule is CCN(C)C(=O)N1CCC2NC(=O)CCC2C1. The van der Waals surface area contributed by atoms with Gasteiger partial charge in [0.15, 0.2) is 0 Å². The molecule has 0 aromatic rings. The second-order valence-corrected chi connectivity index (χ2v) is 5.00. The second-order valence-electron chi connectivity index (χ2n) is 5.00. The molecule has 1 N–H and O–H groups in total. The molecule has 2 rings (SSSR count). The van der Waals surface area contributed by atoms with E-state index in [2.05, 4.69) is 5.32 Å². The van der Waals surface area contributed by atoms with E-state index in [9.17, 15) is 9.59 Å². The van der Waals surface area contributed by atoms with Gasteiger partial charge in [0.1, 0.15) is 0 Å². The zero-order valence-electron chi connectivity index (χ0n) is 10.6. The number of nitrogens with zero attached hydrogens (tertiary/aromatic N) is 2. The summed E-state index contributed by atoms with van der Waals surface area (Å²) in [7, 11) is 1.83. The van der Waals surface area contributed by atoms with Crippen LogP contribution in [0.3, 0.4) is 0 Å². The van der Waals surface area contributed by atoms with Gasteiger partial charge in [-0.25, -0.2) is 4.79 Å². The highest BCUT2D eigenvalue weighted by Crippen LogP contribution is 2.25. The highest BCUT2D eigenvalue weighted by atomic mass is 16.2. The summed E-state index contributed by atoms with van der Waals surface area (Å²) in [5, 5.41) is 3.03. The predicted octanol–water partition coefficient (Wildman–Crippen LogP) is 0.659. The average Bonchev–Trinajstić information content (AvgIpc) is 2.36. The number of amides is 3. The monoisotopic (exact) mass is 239 g/mol. The predicted molar refractivity (Wildman–Crippen MR) is 64.5 cm³/mol. The number of rotatable bonds is 1. The van der Waals surface area contributed by atoms with E-state index in [0.29, 0.717) is 12.3 Å². The van der Waals surface area contributed by atoms with Crippen molar-refractivity contribution in [1.82, 2.24) is 15.1 Å². The van der Waals surface area contributed by atoms with E-state index >= 15 is 0 Å². The van der Waals surface area contributed by atoms with Gasteiger partial charge in [-0.2, -0.15) is 0 Å². The summed E-state index contributed by atoms with van der Waals surface area (Å²) in [4.78, 5) is 27.0. The molecule has 0 radical (unpaired) electrons. The Bertz CT molecular complexity index is 319. The number of likely N-dealkylation sites (tertiary alicyclic amines) is 1. The highest BCUT2D eigenvalue weighted by Gasteiger charge is 2.35. The van der Waals surface area contributed by atoms with Gasteiger partial charge in [0, 0.05) is 39.1 Å². The van der Waals surface area contributed by atoms with Crippen molar-refractivity contribution in [3.8, 4) is 0 Å². The molecule has 96 valence electrons. The minimum Gasteiger partial charge on any atom is -0.353 e. The Morgan fingerprint density at radius 2 is 2.29 bits per heavy atom. The third-order valence-electron chi connectivity index (χ3n) is 3.89. The fourth-order valence-electron chi connectivity index (χ4n) is 2.66. The van der Waals surface area contributed by atoms with Crippen LogP contribution in [0.5, 0.6) is 0 Å². The molecule has 0 bridgehead atoms. The van der Waals surface area contributed by atoms with Gasteiger partial charge in [-0.1, -0.05) is 0 Å². The fourth-order valence-corrected chi connectivity index (χ4v) is 2.66. The lowest BCUT2D eigenvalue weighted by Gasteiger charge is -2.42. The smallest absolute Gasteiger partial charge is 0.319 e. The van der Waals surface area contributed by atoms with Crippen molar-refractivity contribution < 1.29 is 9.59 Å². The normalized spacial score (nSPS) is 28.4. The van der Waals surface area contributed by atoms with E-state index in [1.54, 1.807) is 4.90 Å². The molecule has 0 aromatic heterocycles.